The minimum absolute atomic E-state index is 0.0538. The van der Waals surface area contributed by atoms with Crippen LogP contribution in [-0.2, 0) is 9.59 Å². The summed E-state index contributed by atoms with van der Waals surface area (Å²) in [4.78, 5) is 23.1. The van der Waals surface area contributed by atoms with Gasteiger partial charge in [0.05, 0.1) is 12.6 Å². The van der Waals surface area contributed by atoms with Crippen LogP contribution in [0.3, 0.4) is 0 Å². The maximum absolute atomic E-state index is 11.5. The second-order valence-electron chi connectivity index (χ2n) is 3.64. The topological polar surface area (TPSA) is 77.8 Å². The summed E-state index contributed by atoms with van der Waals surface area (Å²) in [7, 11) is 1.64. The Labute approximate surface area is 89.7 Å². The van der Waals surface area contributed by atoms with Gasteiger partial charge in [-0.25, -0.2) is 0 Å². The molecule has 1 unspecified atom stereocenters. The highest BCUT2D eigenvalue weighted by Crippen LogP contribution is 2.04. The molecule has 1 atom stereocenters. The largest absolute Gasteiger partial charge is 0.481 e. The maximum Gasteiger partial charge on any atom is 0.303 e. The van der Waals surface area contributed by atoms with Crippen LogP contribution in [0.5, 0.6) is 0 Å². The molecule has 0 aliphatic heterocycles. The van der Waals surface area contributed by atoms with Crippen molar-refractivity contribution in [1.29, 1.82) is 0 Å². The molecular weight excluding hydrogens is 198 g/mol. The number of nitrogens with zero attached hydrogens (tertiary/aromatic N) is 1. The number of likely N-dealkylation sites (N-methyl/N-ethyl adjacent to an activating group) is 1. The molecule has 0 saturated carbocycles. The number of hydrogen-bond donors (Lipinski definition) is 2. The third kappa shape index (κ3) is 6.06. The summed E-state index contributed by atoms with van der Waals surface area (Å²) in [5.41, 5.74) is 0. The number of aliphatic hydroxyl groups is 1. The minimum atomic E-state index is -0.834. The summed E-state index contributed by atoms with van der Waals surface area (Å²) >= 11 is 0. The fourth-order valence-electron chi connectivity index (χ4n) is 1.10. The number of amides is 1. The molecule has 0 aromatic carbocycles. The Hall–Kier alpha value is -1.10. The molecule has 0 aliphatic carbocycles. The molecule has 5 nitrogen and oxygen atoms in total. The van der Waals surface area contributed by atoms with Crippen LogP contribution in [0.25, 0.3) is 0 Å². The van der Waals surface area contributed by atoms with Crippen LogP contribution >= 0.6 is 0 Å². The lowest BCUT2D eigenvalue weighted by Gasteiger charge is -2.23. The number of carboxylic acids is 1. The first-order valence-electron chi connectivity index (χ1n) is 5.07. The van der Waals surface area contributed by atoms with Crippen molar-refractivity contribution in [2.75, 3.05) is 13.7 Å². The number of hydrogen-bond acceptors (Lipinski definition) is 3. The maximum atomic E-state index is 11.5. The molecule has 0 aromatic heterocycles. The predicted molar refractivity (Wildman–Crippen MR) is 55.4 cm³/mol. The first-order valence-corrected chi connectivity index (χ1v) is 5.07. The van der Waals surface area contributed by atoms with Crippen molar-refractivity contribution < 1.29 is 19.8 Å². The van der Waals surface area contributed by atoms with Crippen LogP contribution in [0.15, 0.2) is 0 Å². The van der Waals surface area contributed by atoms with Crippen LogP contribution in [-0.4, -0.2) is 46.7 Å². The Morgan fingerprint density at radius 1 is 1.27 bits per heavy atom. The van der Waals surface area contributed by atoms with Gasteiger partial charge in [-0.05, 0) is 19.8 Å². The smallest absolute Gasteiger partial charge is 0.303 e. The molecule has 0 fully saturated rings. The van der Waals surface area contributed by atoms with Crippen LogP contribution in [0.1, 0.15) is 32.6 Å². The fraction of sp³-hybridized carbons (Fsp3) is 0.800. The van der Waals surface area contributed by atoms with Gasteiger partial charge in [-0.3, -0.25) is 9.59 Å². The van der Waals surface area contributed by atoms with Crippen molar-refractivity contribution in [3.8, 4) is 0 Å². The SMILES string of the molecule is CC(CO)N(C)C(=O)CCCCC(=O)O. The number of aliphatic carboxylic acids is 1. The lowest BCUT2D eigenvalue weighted by Crippen LogP contribution is -2.37. The standard InChI is InChI=1S/C10H19NO4/c1-8(7-12)11(2)9(13)5-3-4-6-10(14)15/h8,12H,3-7H2,1-2H3,(H,14,15). The van der Waals surface area contributed by atoms with Gasteiger partial charge in [0.1, 0.15) is 0 Å². The van der Waals surface area contributed by atoms with E-state index in [0.717, 1.165) is 0 Å². The van der Waals surface area contributed by atoms with E-state index in [2.05, 4.69) is 0 Å². The Morgan fingerprint density at radius 2 is 1.80 bits per heavy atom. The number of aliphatic hydroxyl groups excluding tert-OH is 1. The van der Waals surface area contributed by atoms with E-state index in [9.17, 15) is 9.59 Å². The normalized spacial score (nSPS) is 12.2. The van der Waals surface area contributed by atoms with Crippen LogP contribution in [0.2, 0.25) is 0 Å². The Kier molecular flexibility index (Phi) is 6.70. The van der Waals surface area contributed by atoms with Gasteiger partial charge in [-0.15, -0.1) is 0 Å². The minimum Gasteiger partial charge on any atom is -0.481 e. The van der Waals surface area contributed by atoms with E-state index in [4.69, 9.17) is 10.2 Å². The molecule has 15 heavy (non-hydrogen) atoms. The second kappa shape index (κ2) is 7.23. The molecule has 0 saturated heterocycles. The van der Waals surface area contributed by atoms with E-state index in [1.54, 1.807) is 14.0 Å². The molecule has 0 radical (unpaired) electrons. The van der Waals surface area contributed by atoms with Crippen molar-refractivity contribution in [3.63, 3.8) is 0 Å². The van der Waals surface area contributed by atoms with Crippen molar-refractivity contribution in [2.24, 2.45) is 0 Å². The zero-order chi connectivity index (χ0) is 11.8. The molecule has 0 rings (SSSR count). The van der Waals surface area contributed by atoms with Crippen LogP contribution in [0.4, 0.5) is 0 Å². The highest BCUT2D eigenvalue weighted by atomic mass is 16.4. The van der Waals surface area contributed by atoms with Gasteiger partial charge in [0, 0.05) is 19.9 Å². The number of unbranched alkanes of at least 4 members (excludes halogenated alkanes) is 1. The van der Waals surface area contributed by atoms with Crippen molar-refractivity contribution >= 4 is 11.9 Å². The van der Waals surface area contributed by atoms with Crippen LogP contribution < -0.4 is 0 Å². The first-order chi connectivity index (χ1) is 6.99. The summed E-state index contributed by atoms with van der Waals surface area (Å²) in [6, 6.07) is -0.183. The van der Waals surface area contributed by atoms with Gasteiger partial charge in [0.25, 0.3) is 0 Å². The molecule has 1 amide bonds. The van der Waals surface area contributed by atoms with E-state index in [-0.39, 0.29) is 25.0 Å². The van der Waals surface area contributed by atoms with E-state index in [1.807, 2.05) is 0 Å². The van der Waals surface area contributed by atoms with Gasteiger partial charge >= 0.3 is 5.97 Å². The number of carboxylic acid groups (broad SMARTS) is 1. The van der Waals surface area contributed by atoms with Gasteiger partial charge in [-0.2, -0.15) is 0 Å². The van der Waals surface area contributed by atoms with Gasteiger partial charge < -0.3 is 15.1 Å². The van der Waals surface area contributed by atoms with Crippen molar-refractivity contribution in [2.45, 2.75) is 38.6 Å². The molecule has 0 spiro atoms. The van der Waals surface area contributed by atoms with Gasteiger partial charge in [0.15, 0.2) is 0 Å². The van der Waals surface area contributed by atoms with E-state index in [0.29, 0.717) is 19.3 Å². The lowest BCUT2D eigenvalue weighted by molar-refractivity contribution is -0.137. The molecule has 0 bridgehead atoms. The third-order valence-corrected chi connectivity index (χ3v) is 2.35. The summed E-state index contributed by atoms with van der Waals surface area (Å²) in [5, 5.41) is 17.2. The molecule has 88 valence electrons. The average Bonchev–Trinajstić information content (AvgIpc) is 2.21. The van der Waals surface area contributed by atoms with E-state index < -0.39 is 5.97 Å². The lowest BCUT2D eigenvalue weighted by atomic mass is 10.1. The summed E-state index contributed by atoms with van der Waals surface area (Å²) in [5.74, 6) is -0.888. The van der Waals surface area contributed by atoms with Gasteiger partial charge in [-0.1, -0.05) is 0 Å². The molecule has 2 N–H and O–H groups in total. The average molecular weight is 217 g/mol. The molecule has 0 heterocycles. The van der Waals surface area contributed by atoms with Gasteiger partial charge in [0.2, 0.25) is 5.91 Å². The highest BCUT2D eigenvalue weighted by molar-refractivity contribution is 5.76. The Bertz CT molecular complexity index is 217. The zero-order valence-electron chi connectivity index (χ0n) is 9.27. The Balaban J connectivity index is 3.69. The molecule has 0 aliphatic rings. The van der Waals surface area contributed by atoms with Crippen LogP contribution in [0, 0.1) is 0 Å². The number of carbonyl (C=O) groups excluding carboxylic acids is 1. The first kappa shape index (κ1) is 13.9. The fourth-order valence-corrected chi connectivity index (χ4v) is 1.10. The third-order valence-electron chi connectivity index (χ3n) is 2.35. The quantitative estimate of drug-likeness (QED) is 0.608. The van der Waals surface area contributed by atoms with Crippen molar-refractivity contribution in [1.82, 2.24) is 4.90 Å². The highest BCUT2D eigenvalue weighted by Gasteiger charge is 2.14. The molecule has 0 aromatic rings. The summed E-state index contributed by atoms with van der Waals surface area (Å²) in [6.45, 7) is 1.70. The summed E-state index contributed by atoms with van der Waals surface area (Å²) in [6.07, 6.45) is 1.54. The van der Waals surface area contributed by atoms with E-state index >= 15 is 0 Å². The monoisotopic (exact) mass is 217 g/mol. The predicted octanol–water partition coefficient (Wildman–Crippen LogP) is 0.471. The number of carbonyl (C=O) groups is 2. The Morgan fingerprint density at radius 3 is 2.27 bits per heavy atom. The van der Waals surface area contributed by atoms with E-state index in [1.165, 1.54) is 4.90 Å². The van der Waals surface area contributed by atoms with Crippen molar-refractivity contribution in [3.05, 3.63) is 0 Å². The molecule has 5 heteroatoms. The second-order valence-corrected chi connectivity index (χ2v) is 3.64. The molecular formula is C10H19NO4. The zero-order valence-corrected chi connectivity index (χ0v) is 9.27. The number of rotatable bonds is 7. The summed E-state index contributed by atoms with van der Waals surface area (Å²) < 4.78 is 0.